The summed E-state index contributed by atoms with van der Waals surface area (Å²) in [6, 6.07) is 22.5. The molecular weight excluding hydrogens is 403 g/mol. The number of fused-ring (bicyclic) bond motifs is 1. The van der Waals surface area contributed by atoms with E-state index in [-0.39, 0.29) is 11.5 Å². The fourth-order valence-electron chi connectivity index (χ4n) is 4.25. The highest BCUT2D eigenvalue weighted by Crippen LogP contribution is 2.29. The van der Waals surface area contributed by atoms with Gasteiger partial charge in [0.25, 0.3) is 0 Å². The van der Waals surface area contributed by atoms with Gasteiger partial charge in [0.1, 0.15) is 11.5 Å². The molecule has 164 valence electrons. The van der Waals surface area contributed by atoms with Gasteiger partial charge in [-0.3, -0.25) is 0 Å². The number of aromatic carboxylic acids is 1. The third kappa shape index (κ3) is 4.58. The van der Waals surface area contributed by atoms with Crippen molar-refractivity contribution in [2.75, 3.05) is 6.54 Å². The van der Waals surface area contributed by atoms with E-state index < -0.39 is 5.97 Å². The Balaban J connectivity index is 1.68. The number of nitrogens with zero attached hydrogens (tertiary/aromatic N) is 1. The molecule has 0 radical (unpaired) electrons. The van der Waals surface area contributed by atoms with E-state index in [1.165, 1.54) is 17.7 Å². The van der Waals surface area contributed by atoms with Crippen molar-refractivity contribution >= 4 is 16.9 Å². The molecule has 1 unspecified atom stereocenters. The minimum absolute atomic E-state index is 0.245. The maximum Gasteiger partial charge on any atom is 0.352 e. The lowest BCUT2D eigenvalue weighted by Gasteiger charge is -2.14. The molecule has 0 fully saturated rings. The second-order valence-electron chi connectivity index (χ2n) is 8.31. The zero-order valence-electron chi connectivity index (χ0n) is 18.3. The van der Waals surface area contributed by atoms with E-state index in [1.807, 2.05) is 49.4 Å². The normalized spacial score (nSPS) is 12.2. The van der Waals surface area contributed by atoms with Crippen molar-refractivity contribution in [1.82, 2.24) is 9.88 Å². The Morgan fingerprint density at radius 2 is 1.84 bits per heavy atom. The molecule has 0 spiro atoms. The van der Waals surface area contributed by atoms with Gasteiger partial charge in [0.15, 0.2) is 0 Å². The number of hydrogen-bond donors (Lipinski definition) is 2. The quantitative estimate of drug-likeness (QED) is 0.375. The van der Waals surface area contributed by atoms with Crippen LogP contribution < -0.4 is 5.32 Å². The van der Waals surface area contributed by atoms with Crippen LogP contribution in [0, 0.1) is 12.7 Å². The minimum Gasteiger partial charge on any atom is -0.477 e. The third-order valence-corrected chi connectivity index (χ3v) is 5.88. The SMILES string of the molecule is Cc1ccc2c(CNCC(C)c3ccccc3)c(C(=O)O)n(Cc3cccc(F)c3)c2c1. The van der Waals surface area contributed by atoms with Gasteiger partial charge in [-0.2, -0.15) is 0 Å². The second-order valence-corrected chi connectivity index (χ2v) is 8.31. The number of benzene rings is 3. The monoisotopic (exact) mass is 430 g/mol. The van der Waals surface area contributed by atoms with E-state index in [9.17, 15) is 14.3 Å². The zero-order valence-corrected chi connectivity index (χ0v) is 18.3. The molecule has 1 heterocycles. The Morgan fingerprint density at radius 3 is 2.56 bits per heavy atom. The minimum atomic E-state index is -0.983. The first-order valence-corrected chi connectivity index (χ1v) is 10.8. The summed E-state index contributed by atoms with van der Waals surface area (Å²) in [5, 5.41) is 14.5. The lowest BCUT2D eigenvalue weighted by Crippen LogP contribution is -2.21. The molecule has 4 nitrogen and oxygen atoms in total. The molecule has 1 aromatic heterocycles. The summed E-state index contributed by atoms with van der Waals surface area (Å²) in [5.41, 5.74) is 4.86. The lowest BCUT2D eigenvalue weighted by molar-refractivity contribution is 0.0684. The van der Waals surface area contributed by atoms with Crippen LogP contribution in [0.4, 0.5) is 4.39 Å². The zero-order chi connectivity index (χ0) is 22.7. The lowest BCUT2D eigenvalue weighted by atomic mass is 10.0. The van der Waals surface area contributed by atoms with Crippen molar-refractivity contribution in [3.05, 3.63) is 107 Å². The molecule has 4 aromatic rings. The van der Waals surface area contributed by atoms with E-state index >= 15 is 0 Å². The van der Waals surface area contributed by atoms with Gasteiger partial charge in [-0.1, -0.05) is 61.5 Å². The fraction of sp³-hybridized carbons (Fsp3) is 0.222. The van der Waals surface area contributed by atoms with Gasteiger partial charge >= 0.3 is 5.97 Å². The standard InChI is InChI=1S/C27H27FN2O2/c1-18-11-12-23-24(16-29-15-19(2)21-8-4-3-5-9-21)26(27(31)32)30(25(23)13-18)17-20-7-6-10-22(28)14-20/h3-14,19,29H,15-17H2,1-2H3,(H,31,32). The highest BCUT2D eigenvalue weighted by molar-refractivity contribution is 5.98. The molecule has 3 aromatic carbocycles. The van der Waals surface area contributed by atoms with Gasteiger partial charge in [0, 0.05) is 36.1 Å². The molecule has 0 aliphatic carbocycles. The molecule has 0 amide bonds. The number of carbonyl (C=O) groups is 1. The summed E-state index contributed by atoms with van der Waals surface area (Å²) in [6.07, 6.45) is 0. The molecule has 5 heteroatoms. The molecule has 2 N–H and O–H groups in total. The number of aryl methyl sites for hydroxylation is 1. The van der Waals surface area contributed by atoms with E-state index in [0.717, 1.165) is 34.1 Å². The summed E-state index contributed by atoms with van der Waals surface area (Å²) in [4.78, 5) is 12.4. The van der Waals surface area contributed by atoms with Crippen molar-refractivity contribution in [3.63, 3.8) is 0 Å². The largest absolute Gasteiger partial charge is 0.477 e. The molecular formula is C27H27FN2O2. The van der Waals surface area contributed by atoms with Crippen LogP contribution in [0.2, 0.25) is 0 Å². The predicted octanol–water partition coefficient (Wildman–Crippen LogP) is 5.73. The number of hydrogen-bond acceptors (Lipinski definition) is 2. The number of carboxylic acids is 1. The van der Waals surface area contributed by atoms with Gasteiger partial charge in [-0.25, -0.2) is 9.18 Å². The van der Waals surface area contributed by atoms with Crippen LogP contribution in [0.15, 0.2) is 72.8 Å². The van der Waals surface area contributed by atoms with Gasteiger partial charge in [-0.15, -0.1) is 0 Å². The number of rotatable bonds is 8. The van der Waals surface area contributed by atoms with Gasteiger partial charge < -0.3 is 15.0 Å². The van der Waals surface area contributed by atoms with Gasteiger partial charge in [-0.05, 0) is 47.7 Å². The number of nitrogens with one attached hydrogen (secondary N) is 1. The molecule has 0 aliphatic rings. The first kappa shape index (κ1) is 21.8. The molecule has 1 atom stereocenters. The average Bonchev–Trinajstić information content (AvgIpc) is 3.07. The highest BCUT2D eigenvalue weighted by atomic mass is 19.1. The number of carboxylic acid groups (broad SMARTS) is 1. The van der Waals surface area contributed by atoms with Gasteiger partial charge in [0.2, 0.25) is 0 Å². The van der Waals surface area contributed by atoms with Crippen molar-refractivity contribution < 1.29 is 14.3 Å². The van der Waals surface area contributed by atoms with Gasteiger partial charge in [0.05, 0.1) is 0 Å². The van der Waals surface area contributed by atoms with Crippen LogP contribution in [0.1, 0.15) is 45.6 Å². The van der Waals surface area contributed by atoms with E-state index in [2.05, 4.69) is 24.4 Å². The maximum atomic E-state index is 13.8. The van der Waals surface area contributed by atoms with E-state index in [4.69, 9.17) is 0 Å². The number of halogens is 1. The summed E-state index contributed by atoms with van der Waals surface area (Å²) in [5.74, 6) is -1.01. The summed E-state index contributed by atoms with van der Waals surface area (Å²) >= 11 is 0. The molecule has 0 saturated heterocycles. The van der Waals surface area contributed by atoms with Crippen LogP contribution in [-0.2, 0) is 13.1 Å². The van der Waals surface area contributed by atoms with Crippen LogP contribution >= 0.6 is 0 Å². The molecule has 0 bridgehead atoms. The molecule has 0 aliphatic heterocycles. The maximum absolute atomic E-state index is 13.8. The Labute approximate surface area is 187 Å². The molecule has 4 rings (SSSR count). The van der Waals surface area contributed by atoms with E-state index in [0.29, 0.717) is 19.0 Å². The smallest absolute Gasteiger partial charge is 0.352 e. The Morgan fingerprint density at radius 1 is 1.06 bits per heavy atom. The highest BCUT2D eigenvalue weighted by Gasteiger charge is 2.22. The summed E-state index contributed by atoms with van der Waals surface area (Å²) < 4.78 is 15.5. The molecule has 0 saturated carbocycles. The first-order valence-electron chi connectivity index (χ1n) is 10.8. The summed E-state index contributed by atoms with van der Waals surface area (Å²) in [6.45, 7) is 5.59. The topological polar surface area (TPSA) is 54.3 Å². The van der Waals surface area contributed by atoms with Crippen molar-refractivity contribution in [1.29, 1.82) is 0 Å². The Bertz CT molecular complexity index is 1250. The van der Waals surface area contributed by atoms with Crippen LogP contribution in [-0.4, -0.2) is 22.2 Å². The van der Waals surface area contributed by atoms with Crippen LogP contribution in [0.5, 0.6) is 0 Å². The van der Waals surface area contributed by atoms with Crippen LogP contribution in [0.3, 0.4) is 0 Å². The Kier molecular flexibility index (Phi) is 6.37. The van der Waals surface area contributed by atoms with Crippen molar-refractivity contribution in [3.8, 4) is 0 Å². The summed E-state index contributed by atoms with van der Waals surface area (Å²) in [7, 11) is 0. The van der Waals surface area contributed by atoms with Crippen molar-refractivity contribution in [2.45, 2.75) is 32.9 Å². The van der Waals surface area contributed by atoms with Crippen LogP contribution in [0.25, 0.3) is 10.9 Å². The Hall–Kier alpha value is -3.44. The fourth-order valence-corrected chi connectivity index (χ4v) is 4.25. The number of aromatic nitrogens is 1. The predicted molar refractivity (Wildman–Crippen MR) is 126 cm³/mol. The third-order valence-electron chi connectivity index (χ3n) is 5.88. The van der Waals surface area contributed by atoms with Crippen molar-refractivity contribution in [2.24, 2.45) is 0 Å². The average molecular weight is 431 g/mol. The first-order chi connectivity index (χ1) is 15.4. The van der Waals surface area contributed by atoms with E-state index in [1.54, 1.807) is 10.6 Å². The second kappa shape index (κ2) is 9.37. The molecule has 32 heavy (non-hydrogen) atoms.